The van der Waals surface area contributed by atoms with Crippen LogP contribution in [0.15, 0.2) is 128 Å². The van der Waals surface area contributed by atoms with E-state index in [4.69, 9.17) is 84.2 Å². The maximum atomic E-state index is 14.0. The van der Waals surface area contributed by atoms with Gasteiger partial charge in [0.25, 0.3) is 0 Å². The van der Waals surface area contributed by atoms with E-state index in [1.54, 1.807) is 107 Å². The number of carboxylic acid groups (broad SMARTS) is 1. The predicted molar refractivity (Wildman–Crippen MR) is 381 cm³/mol. The molecular formula is C68H72BrCl6F2N12NaO9. The third-order valence-electron chi connectivity index (χ3n) is 14.0. The van der Waals surface area contributed by atoms with Gasteiger partial charge in [-0.3, -0.25) is 28.8 Å². The van der Waals surface area contributed by atoms with Gasteiger partial charge in [0.1, 0.15) is 70.5 Å². The van der Waals surface area contributed by atoms with Crippen LogP contribution in [0, 0.1) is 11.6 Å². The maximum absolute atomic E-state index is 14.0. The van der Waals surface area contributed by atoms with Crippen LogP contribution in [0.5, 0.6) is 0 Å². The molecule has 2 amide bonds. The number of aryl methyl sites for hydroxylation is 1. The van der Waals surface area contributed by atoms with Crippen molar-refractivity contribution >= 4 is 165 Å². The number of nitrogens with zero attached hydrogens (tertiary/aromatic N) is 9. The largest absolute Gasteiger partial charge is 1.00 e. The number of nitrogens with one attached hydrogen (secondary N) is 3. The molecule has 522 valence electrons. The standard InChI is InChI=1S/C20H18Cl2FN5O2.C13H15ClFNO.C13H15ClN2O2.C9H7ClN2O2.C7H5ClN2.C6H11BrO2.Na.H/c21-15-6-7-24-20-14(15)9-26-28(20)11-18(30)27(13-4-5-13)10-17(29)25-8-12-2-1-3-16(22)19(12)23;14-12-3-1-2-9(13(12)15)4-7-11(17)8-16-10-5-6-10;1-13(2,3)18-11(17)8-16-7-5-9-10(14)4-6-15-12(9)16;10-7-1-3-11-9-6(7)2-4-12(9)5-8(13)14;8-6-2-4-10-7-5(6)1-3-9-7;1-6(2,3)9-5(8)4-7;;/h1-3,6-7,9,13H,4-5,8,10-11H2,(H,25,29);1-3,10,16H,4-8H2;4-7H,8H2,1-3H3;1-4H,5H2,(H,13,14);1-4H,(H,9,10);4H2,1-3H3;;/q;;;;;;+1;-1. The van der Waals surface area contributed by atoms with Crippen molar-refractivity contribution < 1.29 is 83.1 Å². The van der Waals surface area contributed by atoms with E-state index in [1.165, 1.54) is 21.7 Å². The van der Waals surface area contributed by atoms with E-state index >= 15 is 0 Å². The number of carbonyl (C=O) groups is 6. The first-order valence-electron chi connectivity index (χ1n) is 30.6. The summed E-state index contributed by atoms with van der Waals surface area (Å²) in [5.74, 6) is -2.87. The van der Waals surface area contributed by atoms with Crippen molar-refractivity contribution in [2.45, 2.75) is 130 Å². The Kier molecular flexibility index (Phi) is 31.4. The van der Waals surface area contributed by atoms with Gasteiger partial charge in [0, 0.05) is 90.1 Å². The second-order valence-electron chi connectivity index (χ2n) is 24.2. The van der Waals surface area contributed by atoms with Crippen LogP contribution in [0.2, 0.25) is 30.1 Å². The number of esters is 2. The SMILES string of the molecule is CC(C)(C)OC(=O)CBr.CC(C)(C)OC(=O)Cn1ccc2c(Cl)ccnc21.Clc1ccnc2[nH]ccc12.O=C(CCc1cccc(Cl)c1F)CNC1CC1.O=C(CN(C(=O)Cn1ncc2c(Cl)ccnc21)C1CC1)NCc1cccc(Cl)c1F.O=C(O)Cn1ccc2c(Cl)ccnc21.[H-].[Na+]. The average Bonchev–Trinajstić information content (AvgIpc) is 1.68. The van der Waals surface area contributed by atoms with Crippen LogP contribution < -0.4 is 40.2 Å². The third kappa shape index (κ3) is 26.0. The number of fused-ring (bicyclic) bond motifs is 4. The molecule has 21 nitrogen and oxygen atoms in total. The smallest absolute Gasteiger partial charge is 1.00 e. The number of rotatable bonds is 18. The number of hydrogen-bond acceptors (Lipinski definition) is 14. The van der Waals surface area contributed by atoms with Gasteiger partial charge in [0.05, 0.1) is 54.8 Å². The van der Waals surface area contributed by atoms with Crippen LogP contribution in [-0.2, 0) is 70.8 Å². The summed E-state index contributed by atoms with van der Waals surface area (Å²) in [5.41, 5.74) is 2.59. The van der Waals surface area contributed by atoms with Crippen molar-refractivity contribution in [3.8, 4) is 0 Å². The number of carbonyl (C=O) groups excluding carboxylic acids is 5. The molecule has 12 rings (SSSR count). The van der Waals surface area contributed by atoms with Crippen molar-refractivity contribution in [3.63, 3.8) is 0 Å². The number of H-pyrrole nitrogens is 1. The Bertz CT molecular complexity index is 4430. The fourth-order valence-corrected chi connectivity index (χ4v) is 10.5. The van der Waals surface area contributed by atoms with E-state index in [9.17, 15) is 37.5 Å². The molecule has 0 aliphatic heterocycles. The molecule has 0 bridgehead atoms. The minimum atomic E-state index is -0.899. The molecule has 0 unspecified atom stereocenters. The van der Waals surface area contributed by atoms with Gasteiger partial charge in [0.15, 0.2) is 5.65 Å². The number of Topliss-reactive ketones (excluding diaryl/α,β-unsaturated/α-hetero) is 1. The zero-order valence-electron chi connectivity index (χ0n) is 56.1. The van der Waals surface area contributed by atoms with E-state index < -0.39 is 23.2 Å². The molecule has 2 aliphatic carbocycles. The number of ether oxygens (including phenoxy) is 2. The van der Waals surface area contributed by atoms with Gasteiger partial charge in [-0.15, -0.1) is 0 Å². The van der Waals surface area contributed by atoms with Crippen LogP contribution in [0.4, 0.5) is 8.78 Å². The first-order valence-corrected chi connectivity index (χ1v) is 34.0. The van der Waals surface area contributed by atoms with Crippen molar-refractivity contribution in [2.24, 2.45) is 0 Å². The molecule has 2 saturated carbocycles. The number of hydrogen-bond donors (Lipinski definition) is 4. The number of pyridine rings is 4. The number of halogens is 9. The fraction of sp³-hybridized carbons (Fsp3) is 0.338. The molecule has 31 heteroatoms. The monoisotopic (exact) mass is 1550 g/mol. The zero-order valence-corrected chi connectivity index (χ0v) is 63.2. The summed E-state index contributed by atoms with van der Waals surface area (Å²) >= 11 is 38.3. The number of benzene rings is 2. The van der Waals surface area contributed by atoms with Crippen molar-refractivity contribution in [3.05, 3.63) is 181 Å². The second-order valence-corrected chi connectivity index (χ2v) is 27.2. The molecular weight excluding hydrogens is 1480 g/mol. The molecule has 8 heterocycles. The van der Waals surface area contributed by atoms with Gasteiger partial charge >= 0.3 is 47.5 Å². The molecule has 4 N–H and O–H groups in total. The minimum Gasteiger partial charge on any atom is -1.00 e. The Hall–Kier alpha value is -6.81. The number of amides is 2. The number of carboxylic acids is 1. The number of aliphatic carboxylic acids is 1. The van der Waals surface area contributed by atoms with Gasteiger partial charge in [-0.25, -0.2) is 33.4 Å². The summed E-state index contributed by atoms with van der Waals surface area (Å²) in [6.07, 6.45) is 18.0. The van der Waals surface area contributed by atoms with E-state index in [0.29, 0.717) is 68.4 Å². The van der Waals surface area contributed by atoms with Crippen LogP contribution >= 0.6 is 85.5 Å². The van der Waals surface area contributed by atoms with Crippen LogP contribution in [0.1, 0.15) is 86.2 Å². The van der Waals surface area contributed by atoms with Crippen molar-refractivity contribution in [1.29, 1.82) is 0 Å². The molecule has 0 spiro atoms. The Morgan fingerprint density at radius 3 is 1.69 bits per heavy atom. The minimum absolute atomic E-state index is 0. The number of alkyl halides is 1. The Balaban J connectivity index is 0.000000226. The zero-order chi connectivity index (χ0) is 71.4. The van der Waals surface area contributed by atoms with E-state index in [0.717, 1.165) is 52.5 Å². The van der Waals surface area contributed by atoms with E-state index in [2.05, 4.69) is 56.6 Å². The summed E-state index contributed by atoms with van der Waals surface area (Å²) < 4.78 is 42.4. The predicted octanol–water partition coefficient (Wildman–Crippen LogP) is 11.8. The average molecular weight is 1560 g/mol. The van der Waals surface area contributed by atoms with Crippen LogP contribution in [-0.4, -0.2) is 131 Å². The molecule has 99 heavy (non-hydrogen) atoms. The molecule has 2 aliphatic rings. The van der Waals surface area contributed by atoms with Gasteiger partial charge in [-0.05, 0) is 134 Å². The summed E-state index contributed by atoms with van der Waals surface area (Å²) in [4.78, 5) is 90.7. The topological polar surface area (TPSA) is 263 Å². The summed E-state index contributed by atoms with van der Waals surface area (Å²) in [5, 5.41) is 24.7. The third-order valence-corrected chi connectivity index (χ3v) is 16.3. The molecule has 2 aromatic carbocycles. The quantitative estimate of drug-likeness (QED) is 0.0353. The van der Waals surface area contributed by atoms with Crippen LogP contribution in [0.25, 0.3) is 44.1 Å². The summed E-state index contributed by atoms with van der Waals surface area (Å²) in [7, 11) is 0. The van der Waals surface area contributed by atoms with Gasteiger partial charge in [0.2, 0.25) is 11.8 Å². The Labute approximate surface area is 631 Å². The number of aromatic amines is 1. The normalized spacial score (nSPS) is 12.4. The molecule has 0 saturated heterocycles. The number of aromatic nitrogens is 9. The van der Waals surface area contributed by atoms with Gasteiger partial charge in [-0.2, -0.15) is 5.10 Å². The van der Waals surface area contributed by atoms with Gasteiger partial charge < -0.3 is 45.7 Å². The molecule has 0 atom stereocenters. The van der Waals surface area contributed by atoms with Crippen LogP contribution in [0.3, 0.4) is 0 Å². The molecule has 2 fully saturated rings. The summed E-state index contributed by atoms with van der Waals surface area (Å²) in [6.45, 7) is 11.3. The molecule has 0 radical (unpaired) electrons. The van der Waals surface area contributed by atoms with E-state index in [-0.39, 0.29) is 126 Å². The molecule has 8 aromatic heterocycles. The van der Waals surface area contributed by atoms with E-state index in [1.807, 2.05) is 59.9 Å². The first-order chi connectivity index (χ1) is 46.5. The summed E-state index contributed by atoms with van der Waals surface area (Å²) in [6, 6.07) is 22.4. The first kappa shape index (κ1) is 81.2. The molecule has 10 aromatic rings. The fourth-order valence-electron chi connectivity index (χ4n) is 9.15. The maximum Gasteiger partial charge on any atom is 1.00 e. The van der Waals surface area contributed by atoms with Crippen molar-refractivity contribution in [2.75, 3.05) is 18.4 Å². The Morgan fingerprint density at radius 1 is 0.646 bits per heavy atom. The Morgan fingerprint density at radius 2 is 1.16 bits per heavy atom. The van der Waals surface area contributed by atoms with Crippen molar-refractivity contribution in [1.82, 2.24) is 59.4 Å². The second kappa shape index (κ2) is 38.3. The van der Waals surface area contributed by atoms with Gasteiger partial charge in [-0.1, -0.05) is 110 Å². The number of ketones is 1.